The van der Waals surface area contributed by atoms with Crippen LogP contribution in [0.2, 0.25) is 5.02 Å². The summed E-state index contributed by atoms with van der Waals surface area (Å²) in [6.07, 6.45) is 0. The van der Waals surface area contributed by atoms with Crippen LogP contribution >= 0.6 is 11.6 Å². The fraction of sp³-hybridized carbons (Fsp3) is 0.190. The van der Waals surface area contributed by atoms with Crippen LogP contribution in [0.3, 0.4) is 0 Å². The van der Waals surface area contributed by atoms with Crippen molar-refractivity contribution in [3.05, 3.63) is 70.5 Å². The summed E-state index contributed by atoms with van der Waals surface area (Å²) in [6.45, 7) is 4.55. The van der Waals surface area contributed by atoms with Gasteiger partial charge in [0.1, 0.15) is 5.82 Å². The molecular weight excluding hydrogens is 351 g/mol. The monoisotopic (exact) mass is 370 g/mol. The number of anilines is 2. The third kappa shape index (κ3) is 3.37. The van der Waals surface area contributed by atoms with E-state index < -0.39 is 0 Å². The first kappa shape index (κ1) is 18.2. The van der Waals surface area contributed by atoms with Gasteiger partial charge in [-0.3, -0.25) is 4.79 Å². The average Bonchev–Trinajstić information content (AvgIpc) is 2.64. The number of aryl methyl sites for hydroxylation is 1. The Morgan fingerprint density at radius 2 is 1.92 bits per heavy atom. The summed E-state index contributed by atoms with van der Waals surface area (Å²) in [7, 11) is 1.78. The highest BCUT2D eigenvalue weighted by Gasteiger charge is 2.17. The van der Waals surface area contributed by atoms with E-state index in [4.69, 9.17) is 11.6 Å². The summed E-state index contributed by atoms with van der Waals surface area (Å²) in [6, 6.07) is 13.7. The van der Waals surface area contributed by atoms with E-state index in [9.17, 15) is 9.18 Å². The van der Waals surface area contributed by atoms with Gasteiger partial charge in [0.25, 0.3) is 5.91 Å². The lowest BCUT2D eigenvalue weighted by Gasteiger charge is -2.19. The SMILES string of the molecule is CCN(C)C(=O)c1ccc(Nc2cc(F)ccc2Cl)c2cccc(C)c12. The number of fused-ring (bicyclic) bond motifs is 1. The first-order chi connectivity index (χ1) is 12.4. The van der Waals surface area contributed by atoms with E-state index in [1.54, 1.807) is 18.0 Å². The number of amides is 1. The van der Waals surface area contributed by atoms with Crippen LogP contribution in [0.25, 0.3) is 10.8 Å². The van der Waals surface area contributed by atoms with Gasteiger partial charge in [0.15, 0.2) is 0 Å². The van der Waals surface area contributed by atoms with Gasteiger partial charge in [-0.15, -0.1) is 0 Å². The van der Waals surface area contributed by atoms with E-state index >= 15 is 0 Å². The maximum absolute atomic E-state index is 13.6. The number of halogens is 2. The Morgan fingerprint density at radius 3 is 2.65 bits per heavy atom. The highest BCUT2D eigenvalue weighted by atomic mass is 35.5. The molecule has 0 atom stereocenters. The van der Waals surface area contributed by atoms with Crippen molar-refractivity contribution in [3.8, 4) is 0 Å². The van der Waals surface area contributed by atoms with E-state index in [0.717, 1.165) is 22.0 Å². The number of rotatable bonds is 4. The molecule has 1 N–H and O–H groups in total. The van der Waals surface area contributed by atoms with Gasteiger partial charge in [-0.1, -0.05) is 29.8 Å². The normalized spacial score (nSPS) is 10.8. The van der Waals surface area contributed by atoms with Crippen LogP contribution in [0, 0.1) is 12.7 Å². The molecule has 26 heavy (non-hydrogen) atoms. The van der Waals surface area contributed by atoms with E-state index in [2.05, 4.69) is 5.32 Å². The lowest BCUT2D eigenvalue weighted by Crippen LogP contribution is -2.26. The lowest BCUT2D eigenvalue weighted by molar-refractivity contribution is 0.0804. The topological polar surface area (TPSA) is 32.3 Å². The van der Waals surface area contributed by atoms with E-state index in [1.807, 2.05) is 38.1 Å². The minimum absolute atomic E-state index is 0.0258. The quantitative estimate of drug-likeness (QED) is 0.631. The molecule has 0 spiro atoms. The molecule has 134 valence electrons. The van der Waals surface area contributed by atoms with Gasteiger partial charge in [0.05, 0.1) is 10.7 Å². The highest BCUT2D eigenvalue weighted by molar-refractivity contribution is 6.33. The van der Waals surface area contributed by atoms with Crippen LogP contribution in [0.1, 0.15) is 22.8 Å². The molecule has 0 aromatic heterocycles. The number of hydrogen-bond donors (Lipinski definition) is 1. The van der Waals surface area contributed by atoms with Crippen LogP contribution in [-0.4, -0.2) is 24.4 Å². The van der Waals surface area contributed by atoms with Crippen molar-refractivity contribution in [2.75, 3.05) is 18.9 Å². The third-order valence-electron chi connectivity index (χ3n) is 4.50. The van der Waals surface area contributed by atoms with E-state index in [0.29, 0.717) is 22.8 Å². The summed E-state index contributed by atoms with van der Waals surface area (Å²) in [5.41, 5.74) is 2.91. The Morgan fingerprint density at radius 1 is 1.15 bits per heavy atom. The lowest BCUT2D eigenvalue weighted by atomic mass is 9.97. The number of hydrogen-bond acceptors (Lipinski definition) is 2. The molecule has 3 rings (SSSR count). The van der Waals surface area contributed by atoms with Gasteiger partial charge in [0, 0.05) is 30.2 Å². The van der Waals surface area contributed by atoms with Crippen molar-refractivity contribution in [3.63, 3.8) is 0 Å². The predicted octanol–water partition coefficient (Wildman–Crippen LogP) is 5.78. The molecule has 0 unspecified atom stereocenters. The molecule has 0 bridgehead atoms. The zero-order valence-corrected chi connectivity index (χ0v) is 15.7. The smallest absolute Gasteiger partial charge is 0.254 e. The van der Waals surface area contributed by atoms with Gasteiger partial charge in [-0.05, 0) is 55.1 Å². The summed E-state index contributed by atoms with van der Waals surface area (Å²) in [5.74, 6) is -0.393. The van der Waals surface area contributed by atoms with E-state index in [1.165, 1.54) is 18.2 Å². The van der Waals surface area contributed by atoms with Gasteiger partial charge in [-0.2, -0.15) is 0 Å². The van der Waals surface area contributed by atoms with Gasteiger partial charge < -0.3 is 10.2 Å². The van der Waals surface area contributed by atoms with Crippen molar-refractivity contribution < 1.29 is 9.18 Å². The Hall–Kier alpha value is -2.59. The van der Waals surface area contributed by atoms with Gasteiger partial charge in [0.2, 0.25) is 0 Å². The molecular formula is C21H20ClFN2O. The Bertz CT molecular complexity index is 987. The maximum atomic E-state index is 13.6. The highest BCUT2D eigenvalue weighted by Crippen LogP contribution is 2.34. The Balaban J connectivity index is 2.16. The second-order valence-electron chi connectivity index (χ2n) is 6.23. The third-order valence-corrected chi connectivity index (χ3v) is 4.83. The zero-order chi connectivity index (χ0) is 18.8. The molecule has 0 saturated heterocycles. The maximum Gasteiger partial charge on any atom is 0.254 e. The average molecular weight is 371 g/mol. The van der Waals surface area contributed by atoms with Crippen LogP contribution in [-0.2, 0) is 0 Å². The number of nitrogens with zero attached hydrogens (tertiary/aromatic N) is 1. The van der Waals surface area contributed by atoms with Crippen molar-refractivity contribution in [1.82, 2.24) is 4.90 Å². The molecule has 5 heteroatoms. The Labute approximate surface area is 157 Å². The molecule has 3 aromatic carbocycles. The van der Waals surface area contributed by atoms with E-state index in [-0.39, 0.29) is 11.7 Å². The van der Waals surface area contributed by atoms with Crippen molar-refractivity contribution in [1.29, 1.82) is 0 Å². The molecule has 0 radical (unpaired) electrons. The van der Waals surface area contributed by atoms with Gasteiger partial charge in [-0.25, -0.2) is 4.39 Å². The molecule has 0 aliphatic carbocycles. The molecule has 3 nitrogen and oxygen atoms in total. The summed E-state index contributed by atoms with van der Waals surface area (Å²) in [4.78, 5) is 14.4. The number of carbonyl (C=O) groups is 1. The summed E-state index contributed by atoms with van der Waals surface area (Å²) >= 11 is 6.18. The second kappa shape index (κ2) is 7.34. The fourth-order valence-electron chi connectivity index (χ4n) is 2.96. The molecule has 0 saturated carbocycles. The molecule has 1 amide bonds. The van der Waals surface area contributed by atoms with Crippen molar-refractivity contribution in [2.45, 2.75) is 13.8 Å². The number of benzene rings is 3. The van der Waals surface area contributed by atoms with Crippen LogP contribution < -0.4 is 5.32 Å². The predicted molar refractivity (Wildman–Crippen MR) is 106 cm³/mol. The number of carbonyl (C=O) groups excluding carboxylic acids is 1. The standard InChI is InChI=1S/C21H20ClFN2O/c1-4-25(3)21(26)16-9-11-18(15-7-5-6-13(2)20(15)16)24-19-12-14(23)8-10-17(19)22/h5-12,24H,4H2,1-3H3. The molecule has 0 heterocycles. The number of nitrogens with one attached hydrogen (secondary N) is 1. The molecule has 3 aromatic rings. The minimum atomic E-state index is -0.367. The Kier molecular flexibility index (Phi) is 5.14. The molecule has 0 fully saturated rings. The molecule has 0 aliphatic rings. The van der Waals surface area contributed by atoms with Crippen LogP contribution in [0.4, 0.5) is 15.8 Å². The first-order valence-corrected chi connectivity index (χ1v) is 8.80. The first-order valence-electron chi connectivity index (χ1n) is 8.42. The largest absolute Gasteiger partial charge is 0.354 e. The van der Waals surface area contributed by atoms with Crippen LogP contribution in [0.15, 0.2) is 48.5 Å². The summed E-state index contributed by atoms with van der Waals surface area (Å²) < 4.78 is 13.6. The summed E-state index contributed by atoms with van der Waals surface area (Å²) in [5, 5.41) is 5.40. The minimum Gasteiger partial charge on any atom is -0.354 e. The zero-order valence-electron chi connectivity index (χ0n) is 14.9. The fourth-order valence-corrected chi connectivity index (χ4v) is 3.13. The van der Waals surface area contributed by atoms with Crippen molar-refractivity contribution >= 4 is 39.7 Å². The second-order valence-corrected chi connectivity index (χ2v) is 6.63. The molecule has 0 aliphatic heterocycles. The van der Waals surface area contributed by atoms with Crippen LogP contribution in [0.5, 0.6) is 0 Å². The van der Waals surface area contributed by atoms with Crippen molar-refractivity contribution in [2.24, 2.45) is 0 Å². The van der Waals surface area contributed by atoms with Gasteiger partial charge >= 0.3 is 0 Å².